The minimum Gasteiger partial charge on any atom is -0.353 e. The first-order valence-electron chi connectivity index (χ1n) is 9.03. The number of piperazine rings is 1. The molecule has 26 heavy (non-hydrogen) atoms. The number of thiocarbonyl (C=S) groups is 1. The Kier molecular flexibility index (Phi) is 5.06. The molecule has 4 rings (SSSR count). The van der Waals surface area contributed by atoms with Gasteiger partial charge < -0.3 is 9.80 Å². The van der Waals surface area contributed by atoms with E-state index in [1.54, 1.807) is 0 Å². The predicted molar refractivity (Wildman–Crippen MR) is 107 cm³/mol. The average molecular weight is 366 g/mol. The fourth-order valence-corrected chi connectivity index (χ4v) is 3.67. The van der Waals surface area contributed by atoms with Crippen molar-refractivity contribution in [2.45, 2.75) is 19.3 Å². The summed E-state index contributed by atoms with van der Waals surface area (Å²) in [4.78, 5) is 13.4. The number of hydrogen-bond acceptors (Lipinski definition) is 5. The van der Waals surface area contributed by atoms with Crippen molar-refractivity contribution in [2.75, 3.05) is 31.1 Å². The van der Waals surface area contributed by atoms with E-state index in [0.717, 1.165) is 62.7 Å². The van der Waals surface area contributed by atoms with Crippen LogP contribution in [0.25, 0.3) is 0 Å². The van der Waals surface area contributed by atoms with E-state index >= 15 is 0 Å². The van der Waals surface area contributed by atoms with Crippen LogP contribution in [0.2, 0.25) is 0 Å². The number of anilines is 1. The van der Waals surface area contributed by atoms with Gasteiger partial charge in [-0.15, -0.1) is 0 Å². The molecule has 7 heteroatoms. The molecule has 2 aromatic rings. The Labute approximate surface area is 158 Å². The van der Waals surface area contributed by atoms with Gasteiger partial charge in [-0.1, -0.05) is 12.1 Å². The molecule has 0 unspecified atom stereocenters. The Morgan fingerprint density at radius 2 is 1.85 bits per heavy atom. The summed E-state index contributed by atoms with van der Waals surface area (Å²) in [5.74, 6) is 1.02. The molecule has 1 saturated heterocycles. The average Bonchev–Trinajstić information content (AvgIpc) is 2.73. The summed E-state index contributed by atoms with van der Waals surface area (Å²) in [5, 5.41) is 5.25. The second kappa shape index (κ2) is 7.78. The SMILES string of the molecule is S=C(NN=C1CCCc2cccnc21)N1CCN(c2ccccn2)CC1. The number of rotatable bonds is 2. The number of fused-ring (bicyclic) bond motifs is 1. The van der Waals surface area contributed by atoms with Gasteiger partial charge in [0.2, 0.25) is 0 Å². The Balaban J connectivity index is 1.35. The molecular formula is C19H22N6S. The van der Waals surface area contributed by atoms with E-state index in [9.17, 15) is 0 Å². The molecule has 0 bridgehead atoms. The van der Waals surface area contributed by atoms with Crippen molar-refractivity contribution >= 4 is 28.9 Å². The lowest BCUT2D eigenvalue weighted by atomic mass is 9.95. The third-order valence-corrected chi connectivity index (χ3v) is 5.20. The van der Waals surface area contributed by atoms with Crippen molar-refractivity contribution < 1.29 is 0 Å². The van der Waals surface area contributed by atoms with Gasteiger partial charge in [-0.3, -0.25) is 10.4 Å². The Morgan fingerprint density at radius 1 is 1.00 bits per heavy atom. The highest BCUT2D eigenvalue weighted by molar-refractivity contribution is 7.80. The maximum Gasteiger partial charge on any atom is 0.189 e. The Morgan fingerprint density at radius 3 is 2.65 bits per heavy atom. The molecule has 2 aromatic heterocycles. The lowest BCUT2D eigenvalue weighted by Gasteiger charge is -2.36. The maximum absolute atomic E-state index is 5.55. The molecule has 1 aliphatic carbocycles. The second-order valence-corrected chi connectivity index (χ2v) is 6.89. The fourth-order valence-electron chi connectivity index (χ4n) is 3.44. The van der Waals surface area contributed by atoms with Crippen LogP contribution in [-0.2, 0) is 6.42 Å². The fraction of sp³-hybridized carbons (Fsp3) is 0.368. The van der Waals surface area contributed by atoms with Crippen LogP contribution in [0.5, 0.6) is 0 Å². The topological polar surface area (TPSA) is 56.7 Å². The van der Waals surface area contributed by atoms with Crippen LogP contribution in [0.15, 0.2) is 47.8 Å². The standard InChI is InChI=1S/C19H22N6S/c26-19(23-22-16-7-3-5-15-6-4-10-21-18(15)16)25-13-11-24(12-14-25)17-8-1-2-9-20-17/h1-2,4,6,8-10H,3,5,7,11-14H2,(H,23,26). The van der Waals surface area contributed by atoms with Crippen LogP contribution in [0.3, 0.4) is 0 Å². The van der Waals surface area contributed by atoms with E-state index in [1.165, 1.54) is 5.56 Å². The lowest BCUT2D eigenvalue weighted by Crippen LogP contribution is -2.51. The monoisotopic (exact) mass is 366 g/mol. The molecule has 1 N–H and O–H groups in total. The van der Waals surface area contributed by atoms with Gasteiger partial charge in [0.05, 0.1) is 11.4 Å². The summed E-state index contributed by atoms with van der Waals surface area (Å²) in [6.45, 7) is 3.53. The largest absolute Gasteiger partial charge is 0.353 e. The van der Waals surface area contributed by atoms with Crippen molar-refractivity contribution in [3.8, 4) is 0 Å². The van der Waals surface area contributed by atoms with Crippen molar-refractivity contribution in [3.05, 3.63) is 54.0 Å². The van der Waals surface area contributed by atoms with Crippen LogP contribution in [0.1, 0.15) is 24.1 Å². The summed E-state index contributed by atoms with van der Waals surface area (Å²) >= 11 is 5.55. The highest BCUT2D eigenvalue weighted by Gasteiger charge is 2.20. The molecule has 0 atom stereocenters. The number of hydrogen-bond donors (Lipinski definition) is 1. The summed E-state index contributed by atoms with van der Waals surface area (Å²) in [6.07, 6.45) is 6.78. The summed E-state index contributed by atoms with van der Waals surface area (Å²) in [5.41, 5.74) is 6.37. The molecule has 1 fully saturated rings. The number of hydrazone groups is 1. The Bertz CT molecular complexity index is 799. The molecule has 0 radical (unpaired) electrons. The smallest absolute Gasteiger partial charge is 0.189 e. The van der Waals surface area contributed by atoms with Crippen molar-refractivity contribution in [3.63, 3.8) is 0 Å². The first kappa shape index (κ1) is 16.9. The predicted octanol–water partition coefficient (Wildman–Crippen LogP) is 2.21. The Hall–Kier alpha value is -2.54. The van der Waals surface area contributed by atoms with Crippen LogP contribution in [0, 0.1) is 0 Å². The molecule has 2 aliphatic rings. The van der Waals surface area contributed by atoms with Crippen LogP contribution >= 0.6 is 12.2 Å². The molecule has 6 nitrogen and oxygen atoms in total. The second-order valence-electron chi connectivity index (χ2n) is 6.50. The number of pyridine rings is 2. The van der Waals surface area contributed by atoms with E-state index < -0.39 is 0 Å². The van der Waals surface area contributed by atoms with Gasteiger partial charge in [0.1, 0.15) is 5.82 Å². The van der Waals surface area contributed by atoms with Gasteiger partial charge in [-0.2, -0.15) is 5.10 Å². The number of aromatic nitrogens is 2. The maximum atomic E-state index is 5.55. The molecule has 3 heterocycles. The third-order valence-electron chi connectivity index (χ3n) is 4.85. The number of aryl methyl sites for hydroxylation is 1. The van der Waals surface area contributed by atoms with Gasteiger partial charge in [0, 0.05) is 38.6 Å². The van der Waals surface area contributed by atoms with Crippen molar-refractivity contribution in [1.29, 1.82) is 0 Å². The highest BCUT2D eigenvalue weighted by Crippen LogP contribution is 2.19. The van der Waals surface area contributed by atoms with Crippen molar-refractivity contribution in [2.24, 2.45) is 5.10 Å². The molecule has 0 saturated carbocycles. The highest BCUT2D eigenvalue weighted by atomic mass is 32.1. The quantitative estimate of drug-likeness (QED) is 0.650. The molecule has 0 aromatic carbocycles. The van der Waals surface area contributed by atoms with E-state index in [0.29, 0.717) is 5.11 Å². The molecule has 0 amide bonds. The number of nitrogens with zero attached hydrogens (tertiary/aromatic N) is 5. The van der Waals surface area contributed by atoms with Crippen LogP contribution in [0.4, 0.5) is 5.82 Å². The zero-order chi connectivity index (χ0) is 17.8. The van der Waals surface area contributed by atoms with Crippen molar-refractivity contribution in [1.82, 2.24) is 20.3 Å². The molecule has 0 spiro atoms. The van der Waals surface area contributed by atoms with E-state index in [4.69, 9.17) is 12.2 Å². The lowest BCUT2D eigenvalue weighted by molar-refractivity contribution is 0.380. The van der Waals surface area contributed by atoms with Crippen LogP contribution < -0.4 is 10.3 Å². The summed E-state index contributed by atoms with van der Waals surface area (Å²) in [7, 11) is 0. The zero-order valence-corrected chi connectivity index (χ0v) is 15.5. The van der Waals surface area contributed by atoms with E-state index in [-0.39, 0.29) is 0 Å². The van der Waals surface area contributed by atoms with Gasteiger partial charge in [0.25, 0.3) is 0 Å². The summed E-state index contributed by atoms with van der Waals surface area (Å²) in [6, 6.07) is 10.1. The van der Waals surface area contributed by atoms with E-state index in [2.05, 4.69) is 36.4 Å². The molecule has 1 aliphatic heterocycles. The van der Waals surface area contributed by atoms with Gasteiger partial charge in [0.15, 0.2) is 5.11 Å². The number of nitrogens with one attached hydrogen (secondary N) is 1. The van der Waals surface area contributed by atoms with Gasteiger partial charge >= 0.3 is 0 Å². The first-order chi connectivity index (χ1) is 12.8. The molecule has 134 valence electrons. The first-order valence-corrected chi connectivity index (χ1v) is 9.44. The normalized spacial score (nSPS) is 18.5. The van der Waals surface area contributed by atoms with E-state index in [1.807, 2.05) is 36.7 Å². The zero-order valence-electron chi connectivity index (χ0n) is 14.6. The van der Waals surface area contributed by atoms with Gasteiger partial charge in [-0.05, 0) is 55.2 Å². The van der Waals surface area contributed by atoms with Crippen LogP contribution in [-0.4, -0.2) is 51.9 Å². The van der Waals surface area contributed by atoms with Gasteiger partial charge in [-0.25, -0.2) is 4.98 Å². The molecular weight excluding hydrogens is 344 g/mol. The summed E-state index contributed by atoms with van der Waals surface area (Å²) < 4.78 is 0. The minimum atomic E-state index is 0.682. The minimum absolute atomic E-state index is 0.682. The third kappa shape index (κ3) is 3.67.